The van der Waals surface area contributed by atoms with Crippen LogP contribution < -0.4 is 4.90 Å². The van der Waals surface area contributed by atoms with Gasteiger partial charge in [-0.3, -0.25) is 0 Å². The van der Waals surface area contributed by atoms with Crippen LogP contribution in [0.25, 0.3) is 21.5 Å². The molecule has 1 heteroatoms. The Hall–Kier alpha value is -5.14. The molecule has 0 bridgehead atoms. The van der Waals surface area contributed by atoms with Crippen LogP contribution in [0.1, 0.15) is 44.9 Å². The van der Waals surface area contributed by atoms with Gasteiger partial charge in [-0.1, -0.05) is 144 Å². The maximum Gasteiger partial charge on any atom is 0.0618 e. The highest BCUT2D eigenvalue weighted by Crippen LogP contribution is 2.46. The fourth-order valence-electron chi connectivity index (χ4n) is 6.68. The van der Waals surface area contributed by atoms with E-state index in [1.54, 1.807) is 0 Å². The van der Waals surface area contributed by atoms with Crippen molar-refractivity contribution < 1.29 is 0 Å². The van der Waals surface area contributed by atoms with Crippen LogP contribution in [-0.4, -0.2) is 0 Å². The molecule has 0 fully saturated rings. The maximum atomic E-state index is 2.45. The Balaban J connectivity index is 1.50. The Labute approximate surface area is 267 Å². The summed E-state index contributed by atoms with van der Waals surface area (Å²) in [4.78, 5) is 2.45. The molecular formula is C44H39N. The Bertz CT molecular complexity index is 1940. The van der Waals surface area contributed by atoms with Crippen LogP contribution >= 0.6 is 0 Å². The van der Waals surface area contributed by atoms with Gasteiger partial charge in [0.2, 0.25) is 0 Å². The minimum Gasteiger partial charge on any atom is -0.309 e. The molecule has 0 radical (unpaired) electrons. The van der Waals surface area contributed by atoms with Crippen molar-refractivity contribution in [2.75, 3.05) is 4.90 Å². The van der Waals surface area contributed by atoms with Gasteiger partial charge in [-0.05, 0) is 85.8 Å². The molecule has 0 aliphatic rings. The lowest BCUT2D eigenvalue weighted by molar-refractivity contribution is 0.813. The van der Waals surface area contributed by atoms with E-state index < -0.39 is 0 Å². The third-order valence-corrected chi connectivity index (χ3v) is 9.19. The van der Waals surface area contributed by atoms with Gasteiger partial charge >= 0.3 is 0 Å². The van der Waals surface area contributed by atoms with E-state index in [1.807, 2.05) is 0 Å². The highest BCUT2D eigenvalue weighted by molar-refractivity contribution is 6.16. The summed E-state index contributed by atoms with van der Waals surface area (Å²) in [5, 5.41) is 5.14. The van der Waals surface area contributed by atoms with Crippen molar-refractivity contribution in [2.45, 2.75) is 40.0 Å². The van der Waals surface area contributed by atoms with Crippen LogP contribution in [0.5, 0.6) is 0 Å². The number of rotatable bonds is 7. The van der Waals surface area contributed by atoms with E-state index in [-0.39, 0.29) is 5.92 Å². The molecule has 0 N–H and O–H groups in total. The minimum absolute atomic E-state index is 0.231. The molecule has 7 aromatic carbocycles. The second-order valence-corrected chi connectivity index (χ2v) is 12.5. The Morgan fingerprint density at radius 2 is 0.733 bits per heavy atom. The van der Waals surface area contributed by atoms with Crippen molar-refractivity contribution in [3.05, 3.63) is 185 Å². The third kappa shape index (κ3) is 5.63. The molecule has 0 aliphatic carbocycles. The molecule has 220 valence electrons. The van der Waals surface area contributed by atoms with E-state index in [0.29, 0.717) is 0 Å². The first-order valence-electron chi connectivity index (χ1n) is 16.0. The number of fused-ring (bicyclic) bond motifs is 2. The highest BCUT2D eigenvalue weighted by Gasteiger charge is 2.24. The molecule has 0 unspecified atom stereocenters. The summed E-state index contributed by atoms with van der Waals surface area (Å²) >= 11 is 0. The van der Waals surface area contributed by atoms with Gasteiger partial charge in [-0.15, -0.1) is 0 Å². The van der Waals surface area contributed by atoms with E-state index in [4.69, 9.17) is 0 Å². The van der Waals surface area contributed by atoms with Gasteiger partial charge < -0.3 is 4.90 Å². The zero-order chi connectivity index (χ0) is 30.9. The second-order valence-electron chi connectivity index (χ2n) is 12.5. The summed E-state index contributed by atoms with van der Waals surface area (Å²) in [6, 6.07) is 54.1. The first-order valence-corrected chi connectivity index (χ1v) is 16.0. The highest BCUT2D eigenvalue weighted by atomic mass is 15.1. The Morgan fingerprint density at radius 1 is 0.400 bits per heavy atom. The molecule has 7 rings (SSSR count). The number of nitrogens with zero attached hydrogens (tertiary/aromatic N) is 1. The predicted octanol–water partition coefficient (Wildman–Crippen LogP) is 12.1. The lowest BCUT2D eigenvalue weighted by Gasteiger charge is -2.30. The number of benzene rings is 7. The zero-order valence-corrected chi connectivity index (χ0v) is 26.6. The van der Waals surface area contributed by atoms with Crippen LogP contribution in [0, 0.1) is 27.7 Å². The molecule has 0 heterocycles. The molecular weight excluding hydrogens is 542 g/mol. The van der Waals surface area contributed by atoms with E-state index in [1.165, 1.54) is 66.2 Å². The fourth-order valence-corrected chi connectivity index (χ4v) is 6.68. The SMILES string of the molecule is Cc1ccc(C(Cc2c3ccccc3c(N(c3ccc(C)cc3)c3ccc(C)cc3)c3ccccc23)c2ccc(C)cc2)cc1. The predicted molar refractivity (Wildman–Crippen MR) is 194 cm³/mol. The molecule has 0 saturated heterocycles. The molecule has 0 spiro atoms. The zero-order valence-electron chi connectivity index (χ0n) is 26.6. The van der Waals surface area contributed by atoms with Crippen molar-refractivity contribution in [2.24, 2.45) is 0 Å². The topological polar surface area (TPSA) is 3.24 Å². The monoisotopic (exact) mass is 581 g/mol. The average Bonchev–Trinajstić information content (AvgIpc) is 3.07. The number of aryl methyl sites for hydroxylation is 4. The first-order chi connectivity index (χ1) is 22.0. The summed E-state index contributed by atoms with van der Waals surface area (Å²) in [5.41, 5.74) is 12.7. The molecule has 0 aliphatic heterocycles. The largest absolute Gasteiger partial charge is 0.309 e. The van der Waals surface area contributed by atoms with E-state index in [2.05, 4.69) is 178 Å². The average molecular weight is 582 g/mol. The Morgan fingerprint density at radius 3 is 1.11 bits per heavy atom. The standard InChI is InChI=1S/C44H39N/c1-30-13-21-34(22-14-30)42(35-23-15-31(2)16-24-35)29-43-38-9-5-7-11-40(38)44(41-12-8-6-10-39(41)43)45(36-25-17-32(3)18-26-36)37-27-19-33(4)20-28-37/h5-28,42H,29H2,1-4H3. The van der Waals surface area contributed by atoms with Crippen molar-refractivity contribution in [1.29, 1.82) is 0 Å². The van der Waals surface area contributed by atoms with Crippen molar-refractivity contribution in [3.63, 3.8) is 0 Å². The summed E-state index contributed by atoms with van der Waals surface area (Å²) < 4.78 is 0. The summed E-state index contributed by atoms with van der Waals surface area (Å²) in [5.74, 6) is 0.231. The Kier molecular flexibility index (Phi) is 7.69. The van der Waals surface area contributed by atoms with Gasteiger partial charge in [0.25, 0.3) is 0 Å². The van der Waals surface area contributed by atoms with E-state index in [0.717, 1.165) is 17.8 Å². The summed E-state index contributed by atoms with van der Waals surface area (Å²) in [6.07, 6.45) is 0.905. The number of hydrogen-bond acceptors (Lipinski definition) is 1. The van der Waals surface area contributed by atoms with Gasteiger partial charge in [-0.25, -0.2) is 0 Å². The normalized spacial score (nSPS) is 11.4. The summed E-state index contributed by atoms with van der Waals surface area (Å²) in [7, 11) is 0. The molecule has 0 atom stereocenters. The number of hydrogen-bond donors (Lipinski definition) is 0. The molecule has 45 heavy (non-hydrogen) atoms. The quantitative estimate of drug-likeness (QED) is 0.169. The lowest BCUT2D eigenvalue weighted by Crippen LogP contribution is -2.12. The maximum absolute atomic E-state index is 2.45. The molecule has 0 amide bonds. The third-order valence-electron chi connectivity index (χ3n) is 9.19. The van der Waals surface area contributed by atoms with Gasteiger partial charge in [0.1, 0.15) is 0 Å². The number of anilines is 3. The van der Waals surface area contributed by atoms with Gasteiger partial charge in [0.05, 0.1) is 5.69 Å². The van der Waals surface area contributed by atoms with Crippen molar-refractivity contribution in [3.8, 4) is 0 Å². The molecule has 7 aromatic rings. The fraction of sp³-hybridized carbons (Fsp3) is 0.136. The molecule has 0 aromatic heterocycles. The van der Waals surface area contributed by atoms with Gasteiger partial charge in [0.15, 0.2) is 0 Å². The van der Waals surface area contributed by atoms with Crippen LogP contribution in [0.2, 0.25) is 0 Å². The molecule has 1 nitrogen and oxygen atoms in total. The first kappa shape index (κ1) is 28.6. The van der Waals surface area contributed by atoms with Crippen LogP contribution in [0.4, 0.5) is 17.1 Å². The van der Waals surface area contributed by atoms with Crippen molar-refractivity contribution >= 4 is 38.6 Å². The minimum atomic E-state index is 0.231. The smallest absolute Gasteiger partial charge is 0.0618 e. The van der Waals surface area contributed by atoms with Crippen LogP contribution in [-0.2, 0) is 6.42 Å². The van der Waals surface area contributed by atoms with Gasteiger partial charge in [0, 0.05) is 28.1 Å². The van der Waals surface area contributed by atoms with E-state index >= 15 is 0 Å². The lowest BCUT2D eigenvalue weighted by atomic mass is 9.82. The second kappa shape index (κ2) is 12.1. The van der Waals surface area contributed by atoms with Crippen LogP contribution in [0.3, 0.4) is 0 Å². The van der Waals surface area contributed by atoms with Gasteiger partial charge in [-0.2, -0.15) is 0 Å². The van der Waals surface area contributed by atoms with E-state index in [9.17, 15) is 0 Å². The van der Waals surface area contributed by atoms with Crippen LogP contribution in [0.15, 0.2) is 146 Å². The summed E-state index contributed by atoms with van der Waals surface area (Å²) in [6.45, 7) is 8.63. The van der Waals surface area contributed by atoms with Crippen molar-refractivity contribution in [1.82, 2.24) is 0 Å². The molecule has 0 saturated carbocycles.